The Hall–Kier alpha value is -8.41. The molecule has 0 aliphatic carbocycles. The predicted molar refractivity (Wildman–Crippen MR) is 213 cm³/mol. The van der Waals surface area contributed by atoms with E-state index in [9.17, 15) is 57.2 Å². The normalized spacial score (nSPS) is 9.29. The molecule has 0 aliphatic heterocycles. The average molecular weight is 1060 g/mol. The predicted octanol–water partition coefficient (Wildman–Crippen LogP) is 3.83. The molecule has 0 saturated heterocycles. The van der Waals surface area contributed by atoms with Crippen molar-refractivity contribution in [1.82, 2.24) is 29.9 Å². The van der Waals surface area contributed by atoms with Gasteiger partial charge in [-0.2, -0.15) is 0 Å². The van der Waals surface area contributed by atoms with Crippen LogP contribution in [0.1, 0.15) is 42.0 Å². The number of carbonyl (C=O) groups excluding carboxylic acids is 4. The Bertz CT molecular complexity index is 2390. The molecule has 2 aromatic carbocycles. The SMILES string of the molecule is Fc1ccc(-c2ccccn2)c(F)c1.Fc1ccc(-c2ccccn2)c(F)c1.O=C([O-])c1ccccn1.O=C([O-])c1ccccn1.O=C([O-])c1ccccn1.O=C([O-])c1ccccn1.[Ir+4]. The summed E-state index contributed by atoms with van der Waals surface area (Å²) < 4.78 is 51.7. The fourth-order valence-electron chi connectivity index (χ4n) is 4.37. The molecule has 14 nitrogen and oxygen atoms in total. The maximum atomic E-state index is 13.3. The number of carboxylic acid groups (broad SMARTS) is 4. The van der Waals surface area contributed by atoms with Crippen LogP contribution in [0.15, 0.2) is 183 Å². The van der Waals surface area contributed by atoms with E-state index in [1.807, 2.05) is 0 Å². The summed E-state index contributed by atoms with van der Waals surface area (Å²) in [6.45, 7) is 0. The van der Waals surface area contributed by atoms with Gasteiger partial charge in [0, 0.05) is 60.4 Å². The van der Waals surface area contributed by atoms with E-state index in [-0.39, 0.29) is 42.9 Å². The van der Waals surface area contributed by atoms with Crippen molar-refractivity contribution >= 4 is 23.9 Å². The van der Waals surface area contributed by atoms with E-state index in [0.29, 0.717) is 22.5 Å². The van der Waals surface area contributed by atoms with Crippen LogP contribution in [0.3, 0.4) is 0 Å². The van der Waals surface area contributed by atoms with Crippen molar-refractivity contribution in [2.75, 3.05) is 0 Å². The van der Waals surface area contributed by atoms with Crippen molar-refractivity contribution < 1.29 is 77.3 Å². The van der Waals surface area contributed by atoms with Gasteiger partial charge >= 0.3 is 20.1 Å². The molecule has 0 bridgehead atoms. The van der Waals surface area contributed by atoms with Crippen molar-refractivity contribution in [3.63, 3.8) is 0 Å². The molecule has 65 heavy (non-hydrogen) atoms. The molecule has 0 spiro atoms. The molecule has 0 unspecified atom stereocenters. The molecule has 0 aliphatic rings. The van der Waals surface area contributed by atoms with E-state index < -0.39 is 47.1 Å². The zero-order valence-electron chi connectivity index (χ0n) is 33.1. The Morgan fingerprint density at radius 3 is 0.754 bits per heavy atom. The van der Waals surface area contributed by atoms with Crippen LogP contribution in [-0.4, -0.2) is 53.8 Å². The van der Waals surface area contributed by atoms with Crippen LogP contribution in [0, 0.1) is 23.3 Å². The molecule has 8 aromatic rings. The van der Waals surface area contributed by atoms with Gasteiger partial charge in [0.15, 0.2) is 0 Å². The van der Waals surface area contributed by atoms with Crippen molar-refractivity contribution in [2.24, 2.45) is 0 Å². The zero-order chi connectivity index (χ0) is 46.7. The Balaban J connectivity index is 0.000000271. The minimum absolute atomic E-state index is 0. The summed E-state index contributed by atoms with van der Waals surface area (Å²) in [6.07, 6.45) is 8.77. The van der Waals surface area contributed by atoms with Gasteiger partial charge in [0.1, 0.15) is 23.3 Å². The van der Waals surface area contributed by atoms with Gasteiger partial charge in [-0.1, -0.05) is 36.4 Å². The van der Waals surface area contributed by atoms with Gasteiger partial charge in [0.05, 0.1) is 58.0 Å². The molecule has 0 amide bonds. The van der Waals surface area contributed by atoms with E-state index in [1.54, 1.807) is 97.3 Å². The van der Waals surface area contributed by atoms with Crippen molar-refractivity contribution in [1.29, 1.82) is 0 Å². The number of rotatable bonds is 6. The molecule has 0 saturated carbocycles. The largest absolute Gasteiger partial charge is 4.00 e. The second kappa shape index (κ2) is 29.0. The molecular formula is C46H30F4IrN6O8. The molecule has 329 valence electrons. The summed E-state index contributed by atoms with van der Waals surface area (Å²) in [7, 11) is 0. The van der Waals surface area contributed by atoms with Crippen LogP contribution >= 0.6 is 0 Å². The quantitative estimate of drug-likeness (QED) is 0.215. The second-order valence-corrected chi connectivity index (χ2v) is 11.7. The smallest absolute Gasteiger partial charge is 0.543 e. The molecule has 8 rings (SSSR count). The minimum Gasteiger partial charge on any atom is -0.543 e. The molecule has 0 N–H and O–H groups in total. The summed E-state index contributed by atoms with van der Waals surface area (Å²) >= 11 is 0. The first kappa shape index (κ1) is 52.7. The van der Waals surface area contributed by atoms with Crippen molar-refractivity contribution in [3.05, 3.63) is 229 Å². The zero-order valence-corrected chi connectivity index (χ0v) is 35.5. The van der Waals surface area contributed by atoms with Gasteiger partial charge in [0.2, 0.25) is 0 Å². The van der Waals surface area contributed by atoms with Crippen LogP contribution in [0.4, 0.5) is 17.6 Å². The number of carboxylic acids is 4. The topological polar surface area (TPSA) is 238 Å². The van der Waals surface area contributed by atoms with Crippen molar-refractivity contribution in [3.8, 4) is 22.5 Å². The molecule has 1 radical (unpaired) electrons. The van der Waals surface area contributed by atoms with E-state index in [0.717, 1.165) is 12.1 Å². The van der Waals surface area contributed by atoms with Crippen LogP contribution < -0.4 is 20.4 Å². The standard InChI is InChI=1S/2C11H7F2N.4C6H5NO2.Ir/c2*12-8-4-5-9(10(13)7-8)11-3-1-2-6-14-11;4*8-6(9)5-3-1-2-4-7-5;/h2*1-7H;4*1-4H,(H,8,9);/q;;;;;;+4/p-4. The summed E-state index contributed by atoms with van der Waals surface area (Å²) in [5.74, 6) is -7.31. The number of carbonyl (C=O) groups is 4. The Morgan fingerprint density at radius 2 is 0.585 bits per heavy atom. The Morgan fingerprint density at radius 1 is 0.338 bits per heavy atom. The maximum Gasteiger partial charge on any atom is 4.00 e. The van der Waals surface area contributed by atoms with Gasteiger partial charge in [-0.3, -0.25) is 29.9 Å². The number of hydrogen-bond donors (Lipinski definition) is 0. The third kappa shape index (κ3) is 19.9. The first-order chi connectivity index (χ1) is 30.8. The number of halogens is 4. The second-order valence-electron chi connectivity index (χ2n) is 11.7. The minimum atomic E-state index is -1.24. The molecule has 6 aromatic heterocycles. The Kier molecular flexibility index (Phi) is 23.5. The van der Waals surface area contributed by atoms with E-state index in [4.69, 9.17) is 0 Å². The van der Waals surface area contributed by atoms with Gasteiger partial charge in [-0.15, -0.1) is 0 Å². The molecular weight excluding hydrogens is 1030 g/mol. The number of pyridine rings is 6. The number of aromatic carboxylic acids is 4. The fraction of sp³-hybridized carbons (Fsp3) is 0. The number of nitrogens with zero attached hydrogens (tertiary/aromatic N) is 6. The average Bonchev–Trinajstić information content (AvgIpc) is 3.32. The van der Waals surface area contributed by atoms with Crippen LogP contribution in [0.2, 0.25) is 0 Å². The third-order valence-electron chi connectivity index (χ3n) is 7.24. The molecule has 0 atom stereocenters. The monoisotopic (exact) mass is 1060 g/mol. The first-order valence-electron chi connectivity index (χ1n) is 18.0. The van der Waals surface area contributed by atoms with Gasteiger partial charge < -0.3 is 39.6 Å². The number of benzene rings is 2. The van der Waals surface area contributed by atoms with E-state index in [1.165, 1.54) is 73.3 Å². The maximum absolute atomic E-state index is 13.3. The summed E-state index contributed by atoms with van der Waals surface area (Å²) in [6, 6.07) is 35.7. The van der Waals surface area contributed by atoms with E-state index in [2.05, 4.69) is 29.9 Å². The molecule has 6 heterocycles. The summed E-state index contributed by atoms with van der Waals surface area (Å²) in [5, 5.41) is 40.1. The number of aromatic nitrogens is 6. The van der Waals surface area contributed by atoms with Crippen molar-refractivity contribution in [2.45, 2.75) is 0 Å². The first-order valence-corrected chi connectivity index (χ1v) is 18.0. The van der Waals surface area contributed by atoms with Gasteiger partial charge in [0.25, 0.3) is 0 Å². The fourth-order valence-corrected chi connectivity index (χ4v) is 4.37. The van der Waals surface area contributed by atoms with Crippen LogP contribution in [-0.2, 0) is 20.1 Å². The molecule has 19 heteroatoms. The van der Waals surface area contributed by atoms with Gasteiger partial charge in [-0.25, -0.2) is 17.6 Å². The Labute approximate surface area is 381 Å². The summed E-state index contributed by atoms with van der Waals surface area (Å²) in [4.78, 5) is 62.1. The third-order valence-corrected chi connectivity index (χ3v) is 7.24. The van der Waals surface area contributed by atoms with E-state index >= 15 is 0 Å². The number of hydrogen-bond acceptors (Lipinski definition) is 14. The van der Waals surface area contributed by atoms with Crippen LogP contribution in [0.25, 0.3) is 22.5 Å². The van der Waals surface area contributed by atoms with Gasteiger partial charge in [-0.05, 0) is 97.1 Å². The molecule has 0 fully saturated rings. The summed E-state index contributed by atoms with van der Waals surface area (Å²) in [5.41, 5.74) is 1.51. The van der Waals surface area contributed by atoms with Crippen LogP contribution in [0.5, 0.6) is 0 Å².